The number of nitrogens with zero attached hydrogens (tertiary/aromatic N) is 3. The first-order chi connectivity index (χ1) is 30.2. The molecule has 0 saturated carbocycles. The number of aliphatic hydroxyl groups excluding tert-OH is 6. The molecule has 22 nitrogen and oxygen atoms in total. The molecule has 0 spiro atoms. The van der Waals surface area contributed by atoms with Gasteiger partial charge in [-0.2, -0.15) is 0 Å². The van der Waals surface area contributed by atoms with Gasteiger partial charge in [-0.25, -0.2) is 0 Å². The Morgan fingerprint density at radius 1 is 0.815 bits per heavy atom. The first-order valence-corrected chi connectivity index (χ1v) is 21.8. The number of quaternary nitrogens is 1. The topological polar surface area (TPSA) is 325 Å². The van der Waals surface area contributed by atoms with Gasteiger partial charge in [0, 0.05) is 44.7 Å². The summed E-state index contributed by atoms with van der Waals surface area (Å²) in [5, 5.41) is 87.0. The number of aliphatic hydroxyl groups is 6. The molecule has 1 aromatic rings. The zero-order valence-electron chi connectivity index (χ0n) is 38.2. The minimum Gasteiger partial charge on any atom is -0.508 e. The summed E-state index contributed by atoms with van der Waals surface area (Å²) in [6, 6.07) is -3.24. The molecule has 0 bridgehead atoms. The molecule has 15 atom stereocenters. The van der Waals surface area contributed by atoms with E-state index in [0.717, 1.165) is 16.7 Å². The second-order valence-corrected chi connectivity index (χ2v) is 18.8. The van der Waals surface area contributed by atoms with Gasteiger partial charge in [-0.1, -0.05) is 26.0 Å². The van der Waals surface area contributed by atoms with Crippen molar-refractivity contribution in [3.05, 3.63) is 29.8 Å². The average molecular weight is 923 g/mol. The Balaban J connectivity index is 1.87. The molecule has 6 amide bonds. The monoisotopic (exact) mass is 922 g/mol. The zero-order chi connectivity index (χ0) is 48.8. The number of likely N-dealkylation sites (N-methyl/N-ethyl adjacent to an activating group) is 1. The molecule has 3 heterocycles. The second kappa shape index (κ2) is 22.1. The fraction of sp³-hybridized carbons (Fsp3) is 0.698. The fourth-order valence-electron chi connectivity index (χ4n) is 8.37. The van der Waals surface area contributed by atoms with Crippen LogP contribution < -0.4 is 21.3 Å². The van der Waals surface area contributed by atoms with Crippen molar-refractivity contribution < 1.29 is 78.5 Å². The molecule has 11 N–H and O–H groups in total. The first kappa shape index (κ1) is 52.8. The van der Waals surface area contributed by atoms with Gasteiger partial charge in [0.25, 0.3) is 0 Å². The molecule has 3 aliphatic heterocycles. The number of benzene rings is 1. The van der Waals surface area contributed by atoms with E-state index in [1.165, 1.54) is 38.1 Å². The van der Waals surface area contributed by atoms with E-state index in [-0.39, 0.29) is 37.3 Å². The summed E-state index contributed by atoms with van der Waals surface area (Å²) in [7, 11) is 5.70. The van der Waals surface area contributed by atoms with Crippen molar-refractivity contribution in [3.63, 3.8) is 0 Å². The number of fused-ring (bicyclic) bond motifs is 2. The Hall–Kier alpha value is -4.81. The van der Waals surface area contributed by atoms with E-state index in [1.54, 1.807) is 13.8 Å². The highest BCUT2D eigenvalue weighted by atomic mass is 16.5. The maximum Gasteiger partial charge on any atom is 0.248 e. The van der Waals surface area contributed by atoms with Crippen LogP contribution in [0.15, 0.2) is 24.3 Å². The molecular formula is C43H68N7O15+. The predicted molar refractivity (Wildman–Crippen MR) is 228 cm³/mol. The number of hydrogen-bond donors (Lipinski definition) is 11. The van der Waals surface area contributed by atoms with E-state index < -0.39 is 145 Å². The quantitative estimate of drug-likeness (QED) is 0.0997. The number of carbonyl (C=O) groups excluding carboxylic acids is 7. The Labute approximate surface area is 377 Å². The maximum absolute atomic E-state index is 14.5. The number of amides is 6. The van der Waals surface area contributed by atoms with Crippen LogP contribution in [0, 0.1) is 17.8 Å². The van der Waals surface area contributed by atoms with Crippen molar-refractivity contribution in [2.75, 3.05) is 47.4 Å². The van der Waals surface area contributed by atoms with E-state index in [4.69, 9.17) is 4.74 Å². The number of phenolic OH excluding ortho intramolecular Hbond substituents is 1. The van der Waals surface area contributed by atoms with Crippen molar-refractivity contribution in [2.45, 2.75) is 127 Å². The van der Waals surface area contributed by atoms with Crippen LogP contribution in [-0.2, 0) is 38.3 Å². The number of hydrogen-bond acceptors (Lipinski definition) is 15. The van der Waals surface area contributed by atoms with Gasteiger partial charge in [-0.15, -0.1) is 0 Å². The molecule has 3 saturated heterocycles. The average Bonchev–Trinajstić information content (AvgIpc) is 3.76. The van der Waals surface area contributed by atoms with Crippen LogP contribution in [0.1, 0.15) is 65.5 Å². The largest absolute Gasteiger partial charge is 0.508 e. The Bertz CT molecular complexity index is 1880. The Kier molecular flexibility index (Phi) is 18.0. The van der Waals surface area contributed by atoms with E-state index >= 15 is 0 Å². The van der Waals surface area contributed by atoms with Crippen molar-refractivity contribution >= 4 is 41.2 Å². The molecule has 0 unspecified atom stereocenters. The number of phenols is 1. The number of ketones is 1. The van der Waals surface area contributed by atoms with Gasteiger partial charge in [0.2, 0.25) is 35.4 Å². The van der Waals surface area contributed by atoms with Gasteiger partial charge in [-0.05, 0) is 38.0 Å². The minimum atomic E-state index is -2.12. The molecule has 0 aromatic heterocycles. The van der Waals surface area contributed by atoms with Crippen molar-refractivity contribution in [2.24, 2.45) is 17.8 Å². The lowest BCUT2D eigenvalue weighted by Crippen LogP contribution is -2.61. The van der Waals surface area contributed by atoms with Crippen LogP contribution >= 0.6 is 0 Å². The van der Waals surface area contributed by atoms with Crippen LogP contribution in [0.5, 0.6) is 5.75 Å². The number of Topliss-reactive ketones (excluding diaryl/α,β-unsaturated/α-hetero) is 1. The van der Waals surface area contributed by atoms with E-state index in [1.807, 2.05) is 21.1 Å². The highest BCUT2D eigenvalue weighted by Gasteiger charge is 2.50. The number of carbonyl (C=O) groups is 7. The highest BCUT2D eigenvalue weighted by molar-refractivity contribution is 5.98. The smallest absolute Gasteiger partial charge is 0.248 e. The van der Waals surface area contributed by atoms with Gasteiger partial charge in [-0.3, -0.25) is 33.6 Å². The molecule has 3 fully saturated rings. The van der Waals surface area contributed by atoms with Crippen LogP contribution in [0.4, 0.5) is 0 Å². The third-order valence-electron chi connectivity index (χ3n) is 12.2. The van der Waals surface area contributed by atoms with E-state index in [2.05, 4.69) is 21.3 Å². The van der Waals surface area contributed by atoms with Crippen LogP contribution in [0.25, 0.3) is 0 Å². The molecule has 22 heteroatoms. The molecule has 65 heavy (non-hydrogen) atoms. The molecule has 1 aromatic carbocycles. The summed E-state index contributed by atoms with van der Waals surface area (Å²) in [5.41, 5.74) is 0.00482. The third-order valence-corrected chi connectivity index (χ3v) is 12.2. The van der Waals surface area contributed by atoms with Gasteiger partial charge >= 0.3 is 0 Å². The SMILES string of the molecule is CC(=O)N[C@H]1C[C@@H](C)[C@@H](OCC[N+](C)(C)C)NC(=O)[C@@H]2[C@@H](O)[C@@H](C)CN2C(=O)[C@H]([C@@H](C)O)NC(=O)[C@H]([C@H](O)[C@@H](O)c2ccc(O)cc2)CC(=O)[C@@H]2C[C@@H](O)CN2C(=O)[C@H]([C@@H](C)O)NC1=O. The second-order valence-electron chi connectivity index (χ2n) is 18.8. The van der Waals surface area contributed by atoms with Crippen LogP contribution in [-0.4, -0.2) is 206 Å². The lowest BCUT2D eigenvalue weighted by Gasteiger charge is -2.34. The molecule has 0 radical (unpaired) electrons. The maximum atomic E-state index is 14.5. The van der Waals surface area contributed by atoms with Gasteiger partial charge in [0.15, 0.2) is 5.78 Å². The molecule has 4 rings (SSSR count). The first-order valence-electron chi connectivity index (χ1n) is 21.8. The molecule has 364 valence electrons. The summed E-state index contributed by atoms with van der Waals surface area (Å²) in [4.78, 5) is 100. The van der Waals surface area contributed by atoms with Gasteiger partial charge in [0.1, 0.15) is 48.8 Å². The third kappa shape index (κ3) is 13.4. The molecular weight excluding hydrogens is 855 g/mol. The summed E-state index contributed by atoms with van der Waals surface area (Å²) >= 11 is 0. The van der Waals surface area contributed by atoms with Crippen molar-refractivity contribution in [3.8, 4) is 5.75 Å². The van der Waals surface area contributed by atoms with Crippen LogP contribution in [0.2, 0.25) is 0 Å². The van der Waals surface area contributed by atoms with Crippen LogP contribution in [0.3, 0.4) is 0 Å². The summed E-state index contributed by atoms with van der Waals surface area (Å²) < 4.78 is 6.62. The standard InChI is InChI=1S/C43H67N7O15/c1-20-15-29(44-24(5)53)39(61)46-32(22(3)51)42(63)48-19-27(55)16-30(48)31(56)17-28(37(59)36(58)25-9-11-26(54)12-10-25)38(60)45-33(23(4)52)43(64)49-18-21(2)35(57)34(49)40(62)47-41(20)65-14-13-50(6,7)8/h9-12,20-23,27-30,32-37,41,51-52,55,57-59H,13-19H2,1-8H3,(H4-,44,45,46,47,53,54,60,61,62)/p+1/t20-,21+,22-,23-,27-,28+,29+,30+,32+,33+,34+,35+,36+,37+,41-/m1/s1. The molecule has 0 aliphatic carbocycles. The van der Waals surface area contributed by atoms with E-state index in [9.17, 15) is 69.3 Å². The number of nitrogens with one attached hydrogen (secondary N) is 4. The lowest BCUT2D eigenvalue weighted by molar-refractivity contribution is -0.870. The van der Waals surface area contributed by atoms with Crippen molar-refractivity contribution in [1.29, 1.82) is 0 Å². The summed E-state index contributed by atoms with van der Waals surface area (Å²) in [6.07, 6.45) is -12.8. The summed E-state index contributed by atoms with van der Waals surface area (Å²) in [6.45, 7) is 6.50. The van der Waals surface area contributed by atoms with Gasteiger partial charge in [0.05, 0.1) is 70.2 Å². The van der Waals surface area contributed by atoms with E-state index in [0.29, 0.717) is 11.0 Å². The zero-order valence-corrected chi connectivity index (χ0v) is 38.2. The predicted octanol–water partition coefficient (Wildman–Crippen LogP) is -4.03. The fourth-order valence-corrected chi connectivity index (χ4v) is 8.37. The van der Waals surface area contributed by atoms with Gasteiger partial charge < -0.3 is 76.0 Å². The number of aromatic hydroxyl groups is 1. The Morgan fingerprint density at radius 2 is 1.38 bits per heavy atom. The molecule has 3 aliphatic rings. The Morgan fingerprint density at radius 3 is 1.94 bits per heavy atom. The normalized spacial score (nSPS) is 32.2. The summed E-state index contributed by atoms with van der Waals surface area (Å²) in [5.74, 6) is -10.3. The number of rotatable bonds is 10. The number of ether oxygens (including phenoxy) is 1. The lowest BCUT2D eigenvalue weighted by atomic mass is 9.86. The minimum absolute atomic E-state index is 0.00482. The highest BCUT2D eigenvalue weighted by Crippen LogP contribution is 2.31. The van der Waals surface area contributed by atoms with Crippen molar-refractivity contribution in [1.82, 2.24) is 31.1 Å².